The molecule has 0 radical (unpaired) electrons. The molecule has 5 atom stereocenters. The Morgan fingerprint density at radius 2 is 0.966 bits per heavy atom. The van der Waals surface area contributed by atoms with Crippen LogP contribution in [0.4, 0.5) is 17.1 Å². The molecule has 6 aliphatic carbocycles. The standard InChI is InChI=1S/C58H45N/c1-5-16-39(17-6-1)47-25-15-27-54-56(47)50-37-46(29-31-53(50)58(54)43-33-38-32-40(35-43)55(58)34-38)59(44-22-11-4-12-23-44)45-28-30-52-49(36-45)48-24-13-14-26-51(48)57(52,41-18-7-2-8-19-41)42-20-9-3-10-21-42/h1-31,36-38,40,43,55H,32-35H2. The summed E-state index contributed by atoms with van der Waals surface area (Å²) >= 11 is 0. The Hall–Kier alpha value is -6.44. The summed E-state index contributed by atoms with van der Waals surface area (Å²) in [4.78, 5) is 2.51. The number of rotatable bonds is 6. The minimum Gasteiger partial charge on any atom is -0.310 e. The van der Waals surface area contributed by atoms with Crippen LogP contribution >= 0.6 is 0 Å². The van der Waals surface area contributed by atoms with E-state index in [2.05, 4.69) is 205 Å². The summed E-state index contributed by atoms with van der Waals surface area (Å²) < 4.78 is 0. The predicted molar refractivity (Wildman–Crippen MR) is 243 cm³/mol. The fourth-order valence-electron chi connectivity index (χ4n) is 13.7. The van der Waals surface area contributed by atoms with Gasteiger partial charge < -0.3 is 4.90 Å². The number of anilines is 3. The van der Waals surface area contributed by atoms with Crippen LogP contribution in [-0.4, -0.2) is 0 Å². The largest absolute Gasteiger partial charge is 0.310 e. The lowest BCUT2D eigenvalue weighted by Crippen LogP contribution is -2.40. The molecule has 0 amide bonds. The summed E-state index contributed by atoms with van der Waals surface area (Å²) in [5.74, 6) is 3.23. The molecule has 4 fully saturated rings. The topological polar surface area (TPSA) is 3.24 Å². The van der Waals surface area contributed by atoms with Crippen LogP contribution in [0.3, 0.4) is 0 Å². The summed E-state index contributed by atoms with van der Waals surface area (Å²) in [5, 5.41) is 0. The van der Waals surface area contributed by atoms with Crippen molar-refractivity contribution in [3.8, 4) is 33.4 Å². The van der Waals surface area contributed by atoms with Gasteiger partial charge in [0.15, 0.2) is 0 Å². The van der Waals surface area contributed by atoms with Crippen molar-refractivity contribution in [3.05, 3.63) is 234 Å². The minimum absolute atomic E-state index is 0.110. The van der Waals surface area contributed by atoms with Crippen molar-refractivity contribution in [2.24, 2.45) is 23.7 Å². The van der Waals surface area contributed by atoms with Crippen molar-refractivity contribution in [2.75, 3.05) is 4.90 Å². The van der Waals surface area contributed by atoms with Crippen LogP contribution in [0.15, 0.2) is 200 Å². The van der Waals surface area contributed by atoms with Gasteiger partial charge in [0.05, 0.1) is 5.41 Å². The van der Waals surface area contributed by atoms with Crippen LogP contribution in [0.1, 0.15) is 59.1 Å². The molecule has 4 saturated carbocycles. The lowest BCUT2D eigenvalue weighted by molar-refractivity contribution is 0.191. The second-order valence-electron chi connectivity index (χ2n) is 18.0. The smallest absolute Gasteiger partial charge is 0.0713 e. The molecule has 8 aromatic rings. The van der Waals surface area contributed by atoms with Crippen molar-refractivity contribution >= 4 is 17.1 Å². The molecule has 0 N–H and O–H groups in total. The summed E-state index contributed by atoms with van der Waals surface area (Å²) in [6, 6.07) is 75.7. The van der Waals surface area contributed by atoms with Crippen LogP contribution in [-0.2, 0) is 10.8 Å². The second kappa shape index (κ2) is 12.5. The fourth-order valence-corrected chi connectivity index (χ4v) is 13.7. The highest BCUT2D eigenvalue weighted by atomic mass is 15.1. The van der Waals surface area contributed by atoms with Gasteiger partial charge in [-0.25, -0.2) is 0 Å². The molecular formula is C58H45N. The van der Waals surface area contributed by atoms with E-state index in [0.717, 1.165) is 23.7 Å². The predicted octanol–water partition coefficient (Wildman–Crippen LogP) is 14.5. The molecule has 0 aliphatic heterocycles. The summed E-state index contributed by atoms with van der Waals surface area (Å²) in [6.07, 6.45) is 5.58. The molecule has 14 rings (SSSR count). The molecule has 8 aromatic carbocycles. The number of para-hydroxylation sites is 1. The molecule has 5 unspecified atom stereocenters. The number of fused-ring (bicyclic) bond motifs is 6. The van der Waals surface area contributed by atoms with E-state index in [1.165, 1.54) is 98.4 Å². The summed E-state index contributed by atoms with van der Waals surface area (Å²) in [5.41, 5.74) is 19.8. The molecule has 1 nitrogen and oxygen atoms in total. The van der Waals surface area contributed by atoms with Crippen molar-refractivity contribution in [1.82, 2.24) is 0 Å². The fraction of sp³-hybridized carbons (Fsp3) is 0.172. The van der Waals surface area contributed by atoms with Crippen LogP contribution < -0.4 is 4.90 Å². The Bertz CT molecular complexity index is 2870. The molecule has 0 saturated heterocycles. The van der Waals surface area contributed by atoms with Crippen LogP contribution in [0.2, 0.25) is 0 Å². The zero-order valence-electron chi connectivity index (χ0n) is 33.1. The van der Waals surface area contributed by atoms with Gasteiger partial charge in [0, 0.05) is 22.5 Å². The molecule has 0 aromatic heterocycles. The van der Waals surface area contributed by atoms with E-state index >= 15 is 0 Å². The molecule has 59 heavy (non-hydrogen) atoms. The molecule has 6 aliphatic rings. The molecule has 0 heterocycles. The van der Waals surface area contributed by atoms with Gasteiger partial charge in [-0.1, -0.05) is 164 Å². The molecule has 1 heteroatoms. The number of hydrogen-bond donors (Lipinski definition) is 0. The normalized spacial score (nSPS) is 23.2. The van der Waals surface area contributed by atoms with Crippen molar-refractivity contribution in [3.63, 3.8) is 0 Å². The average molecular weight is 756 g/mol. The maximum atomic E-state index is 2.57. The van der Waals surface area contributed by atoms with Crippen LogP contribution in [0.25, 0.3) is 33.4 Å². The Kier molecular flexibility index (Phi) is 7.12. The van der Waals surface area contributed by atoms with E-state index < -0.39 is 5.41 Å². The molecular weight excluding hydrogens is 711 g/mol. The maximum absolute atomic E-state index is 2.57. The van der Waals surface area contributed by atoms with Crippen molar-refractivity contribution in [1.29, 1.82) is 0 Å². The van der Waals surface area contributed by atoms with E-state index in [4.69, 9.17) is 0 Å². The van der Waals surface area contributed by atoms with Gasteiger partial charge in [0.25, 0.3) is 0 Å². The highest BCUT2D eigenvalue weighted by Crippen LogP contribution is 2.73. The third-order valence-electron chi connectivity index (χ3n) is 15.5. The van der Waals surface area contributed by atoms with E-state index in [0.29, 0.717) is 0 Å². The average Bonchev–Trinajstić information content (AvgIpc) is 3.95. The lowest BCUT2D eigenvalue weighted by Gasteiger charge is -2.44. The van der Waals surface area contributed by atoms with Crippen LogP contribution in [0.5, 0.6) is 0 Å². The molecule has 1 spiro atoms. The van der Waals surface area contributed by atoms with Crippen LogP contribution in [0, 0.1) is 23.7 Å². The molecule has 4 bridgehead atoms. The van der Waals surface area contributed by atoms with Gasteiger partial charge >= 0.3 is 0 Å². The Morgan fingerprint density at radius 3 is 1.68 bits per heavy atom. The van der Waals surface area contributed by atoms with Gasteiger partial charge in [-0.3, -0.25) is 0 Å². The third-order valence-corrected chi connectivity index (χ3v) is 15.5. The Morgan fingerprint density at radius 1 is 0.390 bits per heavy atom. The SMILES string of the molecule is c1ccc(-c2cccc3c2-c2cc(N(c4ccccc4)c4ccc5c(c4)-c4ccccc4C5(c4ccccc4)c4ccccc4)ccc2C32C3CC4CC(C3)C2C4)cc1. The van der Waals surface area contributed by atoms with Gasteiger partial charge in [-0.05, 0) is 153 Å². The lowest BCUT2D eigenvalue weighted by atomic mass is 9.59. The first kappa shape index (κ1) is 33.5. The van der Waals surface area contributed by atoms with E-state index in [1.807, 2.05) is 0 Å². The van der Waals surface area contributed by atoms with E-state index in [-0.39, 0.29) is 5.41 Å². The minimum atomic E-state index is -0.427. The first-order valence-electron chi connectivity index (χ1n) is 21.8. The summed E-state index contributed by atoms with van der Waals surface area (Å²) in [6.45, 7) is 0. The monoisotopic (exact) mass is 755 g/mol. The van der Waals surface area contributed by atoms with Gasteiger partial charge in [-0.15, -0.1) is 0 Å². The zero-order chi connectivity index (χ0) is 38.7. The number of hydrogen-bond acceptors (Lipinski definition) is 1. The van der Waals surface area contributed by atoms with Gasteiger partial charge in [0.1, 0.15) is 0 Å². The highest BCUT2D eigenvalue weighted by Gasteiger charge is 2.66. The quantitative estimate of drug-likeness (QED) is 0.163. The number of nitrogens with zero attached hydrogens (tertiary/aromatic N) is 1. The first-order valence-corrected chi connectivity index (χ1v) is 21.8. The van der Waals surface area contributed by atoms with E-state index in [9.17, 15) is 0 Å². The van der Waals surface area contributed by atoms with E-state index in [1.54, 1.807) is 11.1 Å². The van der Waals surface area contributed by atoms with Gasteiger partial charge in [-0.2, -0.15) is 0 Å². The first-order chi connectivity index (χ1) is 29.2. The highest BCUT2D eigenvalue weighted by molar-refractivity contribution is 5.96. The van der Waals surface area contributed by atoms with Crippen molar-refractivity contribution < 1.29 is 0 Å². The van der Waals surface area contributed by atoms with Crippen molar-refractivity contribution in [2.45, 2.75) is 36.5 Å². The second-order valence-corrected chi connectivity index (χ2v) is 18.0. The summed E-state index contributed by atoms with van der Waals surface area (Å²) in [7, 11) is 0. The zero-order valence-corrected chi connectivity index (χ0v) is 33.1. The Balaban J connectivity index is 1.04. The van der Waals surface area contributed by atoms with Gasteiger partial charge in [0.2, 0.25) is 0 Å². The maximum Gasteiger partial charge on any atom is 0.0713 e. The number of benzene rings is 8. The molecule has 282 valence electrons. The third kappa shape index (κ3) is 4.46. The Labute approximate surface area is 347 Å².